The molecule has 1 N–H and O–H groups in total. The number of carbonyl (C=O) groups excluding carboxylic acids is 1. The van der Waals surface area contributed by atoms with Crippen molar-refractivity contribution in [2.45, 2.75) is 13.8 Å². The van der Waals surface area contributed by atoms with Gasteiger partial charge in [-0.2, -0.15) is 0 Å². The topological polar surface area (TPSA) is 38.3 Å². The number of halogens is 2. The van der Waals surface area contributed by atoms with Crippen LogP contribution >= 0.6 is 27.5 Å². The average molecular weight is 307 g/mol. The van der Waals surface area contributed by atoms with Crippen molar-refractivity contribution in [1.82, 2.24) is 5.48 Å². The summed E-state index contributed by atoms with van der Waals surface area (Å²) in [5.41, 5.74) is 2.83. The summed E-state index contributed by atoms with van der Waals surface area (Å²) >= 11 is 9.13. The van der Waals surface area contributed by atoms with E-state index in [-0.39, 0.29) is 5.91 Å². The van der Waals surface area contributed by atoms with E-state index in [1.165, 1.54) is 0 Å². The lowest BCUT2D eigenvalue weighted by atomic mass is 10.2. The molecule has 0 atom stereocenters. The van der Waals surface area contributed by atoms with Crippen LogP contribution in [0.1, 0.15) is 24.2 Å². The van der Waals surface area contributed by atoms with Gasteiger partial charge in [0.2, 0.25) is 0 Å². The first-order chi connectivity index (χ1) is 7.50. The van der Waals surface area contributed by atoms with E-state index in [2.05, 4.69) is 21.4 Å². The number of rotatable bonds is 4. The molecule has 0 heterocycles. The van der Waals surface area contributed by atoms with Crippen LogP contribution in [0.25, 0.3) is 0 Å². The molecule has 1 aromatic rings. The first-order valence-electron chi connectivity index (χ1n) is 4.88. The molecule has 0 aliphatic heterocycles. The van der Waals surface area contributed by atoms with Gasteiger partial charge in [-0.15, -0.1) is 0 Å². The van der Waals surface area contributed by atoms with Gasteiger partial charge in [0.05, 0.1) is 11.6 Å². The fraction of sp³-hybridized carbons (Fsp3) is 0.364. The van der Waals surface area contributed by atoms with E-state index in [9.17, 15) is 4.79 Å². The standard InChI is InChI=1S/C11H13BrClNO2/c1-7(2)6-16-14-11(15)8-3-4-9(12)10(13)5-8/h3-5,7H,6H2,1-2H3,(H,14,15). The highest BCUT2D eigenvalue weighted by Crippen LogP contribution is 2.23. The average Bonchev–Trinajstić information content (AvgIpc) is 2.21. The van der Waals surface area contributed by atoms with Crippen molar-refractivity contribution in [3.63, 3.8) is 0 Å². The van der Waals surface area contributed by atoms with Crippen molar-refractivity contribution in [1.29, 1.82) is 0 Å². The van der Waals surface area contributed by atoms with Gasteiger partial charge in [0.25, 0.3) is 5.91 Å². The monoisotopic (exact) mass is 305 g/mol. The molecule has 5 heteroatoms. The Morgan fingerprint density at radius 1 is 1.56 bits per heavy atom. The second-order valence-electron chi connectivity index (χ2n) is 3.76. The van der Waals surface area contributed by atoms with E-state index in [0.29, 0.717) is 23.1 Å². The number of carbonyl (C=O) groups is 1. The third-order valence-corrected chi connectivity index (χ3v) is 3.00. The van der Waals surface area contributed by atoms with E-state index >= 15 is 0 Å². The van der Waals surface area contributed by atoms with Crippen molar-refractivity contribution < 1.29 is 9.63 Å². The zero-order valence-electron chi connectivity index (χ0n) is 9.09. The molecular formula is C11H13BrClNO2. The molecule has 0 fully saturated rings. The molecule has 0 saturated heterocycles. The van der Waals surface area contributed by atoms with Gasteiger partial charge in [0, 0.05) is 10.0 Å². The van der Waals surface area contributed by atoms with Gasteiger partial charge in [-0.05, 0) is 40.0 Å². The summed E-state index contributed by atoms with van der Waals surface area (Å²) in [6, 6.07) is 4.98. The van der Waals surface area contributed by atoms with Crippen molar-refractivity contribution >= 4 is 33.4 Å². The molecule has 1 rings (SSSR count). The summed E-state index contributed by atoms with van der Waals surface area (Å²) in [6.07, 6.45) is 0. The molecule has 16 heavy (non-hydrogen) atoms. The van der Waals surface area contributed by atoms with Crippen LogP contribution in [0.5, 0.6) is 0 Å². The van der Waals surface area contributed by atoms with E-state index in [0.717, 1.165) is 4.47 Å². The van der Waals surface area contributed by atoms with Gasteiger partial charge >= 0.3 is 0 Å². The van der Waals surface area contributed by atoms with E-state index in [4.69, 9.17) is 16.4 Å². The minimum absolute atomic E-state index is 0.296. The quantitative estimate of drug-likeness (QED) is 0.866. The Bertz CT molecular complexity index is 382. The molecule has 1 amide bonds. The van der Waals surface area contributed by atoms with Gasteiger partial charge in [0.1, 0.15) is 0 Å². The predicted molar refractivity (Wildman–Crippen MR) is 67.4 cm³/mol. The highest BCUT2D eigenvalue weighted by molar-refractivity contribution is 9.10. The fourth-order valence-electron chi connectivity index (χ4n) is 0.970. The lowest BCUT2D eigenvalue weighted by Crippen LogP contribution is -2.25. The second kappa shape index (κ2) is 6.23. The SMILES string of the molecule is CC(C)CONC(=O)c1ccc(Br)c(Cl)c1. The zero-order valence-corrected chi connectivity index (χ0v) is 11.4. The molecule has 0 saturated carbocycles. The van der Waals surface area contributed by atoms with Gasteiger partial charge < -0.3 is 0 Å². The number of hydroxylamine groups is 1. The molecule has 0 aliphatic rings. The van der Waals surface area contributed by atoms with Crippen molar-refractivity contribution in [3.05, 3.63) is 33.3 Å². The Labute approximate surface area is 108 Å². The fourth-order valence-corrected chi connectivity index (χ4v) is 1.40. The van der Waals surface area contributed by atoms with Gasteiger partial charge in [-0.25, -0.2) is 5.48 Å². The smallest absolute Gasteiger partial charge is 0.273 e. The Morgan fingerprint density at radius 2 is 2.25 bits per heavy atom. The Balaban J connectivity index is 2.56. The number of amides is 1. The van der Waals surface area contributed by atoms with Crippen molar-refractivity contribution in [2.75, 3.05) is 6.61 Å². The molecular weight excluding hydrogens is 293 g/mol. The predicted octanol–water partition coefficient (Wildman–Crippen LogP) is 3.42. The van der Waals surface area contributed by atoms with Crippen LogP contribution in [-0.2, 0) is 4.84 Å². The summed E-state index contributed by atoms with van der Waals surface area (Å²) in [5, 5.41) is 0.497. The Kier molecular flexibility index (Phi) is 5.25. The maximum absolute atomic E-state index is 11.6. The van der Waals surface area contributed by atoms with E-state index in [1.807, 2.05) is 13.8 Å². The molecule has 0 aromatic heterocycles. The molecule has 3 nitrogen and oxygen atoms in total. The first-order valence-corrected chi connectivity index (χ1v) is 6.05. The zero-order chi connectivity index (χ0) is 12.1. The van der Waals surface area contributed by atoms with Crippen LogP contribution in [0.15, 0.2) is 22.7 Å². The number of hydrogen-bond donors (Lipinski definition) is 1. The molecule has 1 aromatic carbocycles. The largest absolute Gasteiger partial charge is 0.274 e. The molecule has 88 valence electrons. The molecule has 0 radical (unpaired) electrons. The number of benzene rings is 1. The van der Waals surface area contributed by atoms with Crippen LogP contribution in [0.4, 0.5) is 0 Å². The van der Waals surface area contributed by atoms with E-state index < -0.39 is 0 Å². The minimum Gasteiger partial charge on any atom is -0.273 e. The molecule has 0 bridgehead atoms. The Hall–Kier alpha value is -0.580. The van der Waals surface area contributed by atoms with Crippen LogP contribution in [0.3, 0.4) is 0 Å². The lowest BCUT2D eigenvalue weighted by molar-refractivity contribution is 0.0208. The number of hydrogen-bond acceptors (Lipinski definition) is 2. The summed E-state index contributed by atoms with van der Waals surface area (Å²) in [4.78, 5) is 16.6. The summed E-state index contributed by atoms with van der Waals surface area (Å²) < 4.78 is 0.758. The third kappa shape index (κ3) is 4.12. The number of nitrogens with one attached hydrogen (secondary N) is 1. The van der Waals surface area contributed by atoms with Crippen LogP contribution in [-0.4, -0.2) is 12.5 Å². The normalized spacial score (nSPS) is 10.6. The highest BCUT2D eigenvalue weighted by Gasteiger charge is 2.07. The van der Waals surface area contributed by atoms with Crippen LogP contribution in [0.2, 0.25) is 5.02 Å². The highest BCUT2D eigenvalue weighted by atomic mass is 79.9. The van der Waals surface area contributed by atoms with Gasteiger partial charge in [-0.3, -0.25) is 9.63 Å². The second-order valence-corrected chi connectivity index (χ2v) is 5.03. The van der Waals surface area contributed by atoms with Crippen molar-refractivity contribution in [3.8, 4) is 0 Å². The molecule has 0 unspecified atom stereocenters. The van der Waals surface area contributed by atoms with Crippen molar-refractivity contribution in [2.24, 2.45) is 5.92 Å². The molecule has 0 spiro atoms. The summed E-state index contributed by atoms with van der Waals surface area (Å²) in [5.74, 6) is 0.0730. The van der Waals surface area contributed by atoms with Gasteiger partial charge in [0.15, 0.2) is 0 Å². The first kappa shape index (κ1) is 13.5. The maximum Gasteiger partial charge on any atom is 0.274 e. The van der Waals surface area contributed by atoms with Gasteiger partial charge in [-0.1, -0.05) is 25.4 Å². The summed E-state index contributed by atoms with van der Waals surface area (Å²) in [7, 11) is 0. The lowest BCUT2D eigenvalue weighted by Gasteiger charge is -2.08. The van der Waals surface area contributed by atoms with E-state index in [1.54, 1.807) is 18.2 Å². The minimum atomic E-state index is -0.296. The van der Waals surface area contributed by atoms with Crippen LogP contribution in [0, 0.1) is 5.92 Å². The summed E-state index contributed by atoms with van der Waals surface area (Å²) in [6.45, 7) is 4.49. The third-order valence-electron chi connectivity index (χ3n) is 1.76. The Morgan fingerprint density at radius 3 is 2.81 bits per heavy atom. The molecule has 0 aliphatic carbocycles. The maximum atomic E-state index is 11.6. The van der Waals surface area contributed by atoms with Crippen LogP contribution < -0.4 is 5.48 Å².